The standard InChI is InChI=1S/C12H14N2O4S2/c1-14(11-6-7-19(15,16)9-11)20(17,18)12-4-2-10(8-13)3-5-12/h2-5,11H,6-7,9H2,1H3. The minimum atomic E-state index is -3.74. The summed E-state index contributed by atoms with van der Waals surface area (Å²) in [6, 6.07) is 6.94. The average Bonchev–Trinajstić information content (AvgIpc) is 2.78. The van der Waals surface area contributed by atoms with Gasteiger partial charge in [0.05, 0.1) is 28.0 Å². The molecule has 1 aromatic carbocycles. The normalized spacial score (nSPS) is 21.8. The fraction of sp³-hybridized carbons (Fsp3) is 0.417. The Hall–Kier alpha value is -1.43. The third-order valence-electron chi connectivity index (χ3n) is 3.38. The summed E-state index contributed by atoms with van der Waals surface area (Å²) in [7, 11) is -5.49. The highest BCUT2D eigenvalue weighted by atomic mass is 32.2. The predicted octanol–water partition coefficient (Wildman–Crippen LogP) is 0.366. The van der Waals surface area contributed by atoms with E-state index in [0.717, 1.165) is 4.31 Å². The molecule has 1 saturated heterocycles. The van der Waals surface area contributed by atoms with Gasteiger partial charge in [-0.25, -0.2) is 16.8 Å². The van der Waals surface area contributed by atoms with Crippen LogP contribution in [0.2, 0.25) is 0 Å². The van der Waals surface area contributed by atoms with Gasteiger partial charge in [0.15, 0.2) is 9.84 Å². The Morgan fingerprint density at radius 1 is 1.30 bits per heavy atom. The van der Waals surface area contributed by atoms with Gasteiger partial charge in [0.25, 0.3) is 0 Å². The maximum Gasteiger partial charge on any atom is 0.243 e. The van der Waals surface area contributed by atoms with Crippen LogP contribution in [-0.2, 0) is 19.9 Å². The summed E-state index contributed by atoms with van der Waals surface area (Å²) in [5.41, 5.74) is 0.370. The van der Waals surface area contributed by atoms with E-state index < -0.39 is 25.9 Å². The molecule has 1 unspecified atom stereocenters. The van der Waals surface area contributed by atoms with E-state index in [1.165, 1.54) is 31.3 Å². The van der Waals surface area contributed by atoms with Crippen molar-refractivity contribution in [1.82, 2.24) is 4.31 Å². The molecular weight excluding hydrogens is 300 g/mol. The van der Waals surface area contributed by atoms with Crippen molar-refractivity contribution < 1.29 is 16.8 Å². The van der Waals surface area contributed by atoms with E-state index >= 15 is 0 Å². The molecule has 0 aromatic heterocycles. The summed E-state index contributed by atoms with van der Waals surface area (Å²) in [6.45, 7) is 0. The molecule has 0 bridgehead atoms. The molecule has 1 aliphatic rings. The Kier molecular flexibility index (Phi) is 3.86. The molecule has 1 atom stereocenters. The van der Waals surface area contributed by atoms with Crippen LogP contribution in [0.3, 0.4) is 0 Å². The third-order valence-corrected chi connectivity index (χ3v) is 7.06. The number of nitriles is 1. The van der Waals surface area contributed by atoms with Crippen LogP contribution in [0.4, 0.5) is 0 Å². The average molecular weight is 314 g/mol. The van der Waals surface area contributed by atoms with Gasteiger partial charge in [-0.15, -0.1) is 0 Å². The van der Waals surface area contributed by atoms with E-state index in [-0.39, 0.29) is 16.4 Å². The smallest absolute Gasteiger partial charge is 0.229 e. The second-order valence-electron chi connectivity index (χ2n) is 4.71. The third kappa shape index (κ3) is 2.85. The van der Waals surface area contributed by atoms with Gasteiger partial charge in [-0.05, 0) is 30.7 Å². The van der Waals surface area contributed by atoms with E-state index in [1.54, 1.807) is 0 Å². The molecule has 0 spiro atoms. The van der Waals surface area contributed by atoms with E-state index in [2.05, 4.69) is 0 Å². The molecule has 108 valence electrons. The summed E-state index contributed by atoms with van der Waals surface area (Å²) in [5.74, 6) is -0.121. The van der Waals surface area contributed by atoms with Gasteiger partial charge >= 0.3 is 0 Å². The zero-order chi connectivity index (χ0) is 15.0. The quantitative estimate of drug-likeness (QED) is 0.803. The molecule has 8 heteroatoms. The van der Waals surface area contributed by atoms with Crippen molar-refractivity contribution in [2.24, 2.45) is 0 Å². The van der Waals surface area contributed by atoms with Crippen molar-refractivity contribution in [3.05, 3.63) is 29.8 Å². The number of sulfonamides is 1. The molecule has 0 amide bonds. The summed E-state index contributed by atoms with van der Waals surface area (Å²) < 4.78 is 48.7. The molecule has 1 aromatic rings. The summed E-state index contributed by atoms with van der Waals surface area (Å²) >= 11 is 0. The van der Waals surface area contributed by atoms with Crippen molar-refractivity contribution in [2.45, 2.75) is 17.4 Å². The Labute approximate surface area is 118 Å². The minimum absolute atomic E-state index is 0.0187. The van der Waals surface area contributed by atoms with Crippen LogP contribution in [0.15, 0.2) is 29.2 Å². The number of hydrogen-bond donors (Lipinski definition) is 0. The molecular formula is C12H14N2O4S2. The van der Waals surface area contributed by atoms with Crippen LogP contribution in [0.25, 0.3) is 0 Å². The highest BCUT2D eigenvalue weighted by Crippen LogP contribution is 2.23. The van der Waals surface area contributed by atoms with Crippen LogP contribution in [0.1, 0.15) is 12.0 Å². The molecule has 0 aliphatic carbocycles. The van der Waals surface area contributed by atoms with Crippen LogP contribution in [0, 0.1) is 11.3 Å². The Morgan fingerprint density at radius 3 is 2.35 bits per heavy atom. The van der Waals surface area contributed by atoms with Gasteiger partial charge in [-0.1, -0.05) is 0 Å². The maximum atomic E-state index is 12.4. The fourth-order valence-corrected chi connectivity index (χ4v) is 5.38. The zero-order valence-corrected chi connectivity index (χ0v) is 12.5. The monoisotopic (exact) mass is 314 g/mol. The molecule has 1 fully saturated rings. The predicted molar refractivity (Wildman–Crippen MR) is 73.2 cm³/mol. The lowest BCUT2D eigenvalue weighted by Crippen LogP contribution is -2.37. The molecule has 0 N–H and O–H groups in total. The number of rotatable bonds is 3. The van der Waals surface area contributed by atoms with Crippen molar-refractivity contribution in [3.8, 4) is 6.07 Å². The van der Waals surface area contributed by atoms with Crippen LogP contribution in [-0.4, -0.2) is 45.7 Å². The van der Waals surface area contributed by atoms with Crippen LogP contribution in [0.5, 0.6) is 0 Å². The largest absolute Gasteiger partial charge is 0.243 e. The Bertz CT molecular complexity index is 746. The van der Waals surface area contributed by atoms with E-state index in [9.17, 15) is 16.8 Å². The molecule has 0 radical (unpaired) electrons. The first-order valence-electron chi connectivity index (χ1n) is 5.95. The SMILES string of the molecule is CN(C1CCS(=O)(=O)C1)S(=O)(=O)c1ccc(C#N)cc1. The van der Waals surface area contributed by atoms with E-state index in [4.69, 9.17) is 5.26 Å². The molecule has 2 rings (SSSR count). The summed E-state index contributed by atoms with van der Waals surface area (Å²) in [6.07, 6.45) is 0.314. The highest BCUT2D eigenvalue weighted by Gasteiger charge is 2.36. The lowest BCUT2D eigenvalue weighted by atomic mass is 10.2. The molecule has 20 heavy (non-hydrogen) atoms. The van der Waals surface area contributed by atoms with Crippen molar-refractivity contribution >= 4 is 19.9 Å². The topological polar surface area (TPSA) is 95.3 Å². The number of sulfone groups is 1. The van der Waals surface area contributed by atoms with Gasteiger partial charge in [0.1, 0.15) is 0 Å². The number of benzene rings is 1. The molecule has 6 nitrogen and oxygen atoms in total. The van der Waals surface area contributed by atoms with E-state index in [1.807, 2.05) is 6.07 Å². The lowest BCUT2D eigenvalue weighted by molar-refractivity contribution is 0.394. The van der Waals surface area contributed by atoms with Gasteiger partial charge in [-0.2, -0.15) is 9.57 Å². The van der Waals surface area contributed by atoms with Gasteiger partial charge in [-0.3, -0.25) is 0 Å². The second-order valence-corrected chi connectivity index (χ2v) is 8.94. The second kappa shape index (κ2) is 5.16. The summed E-state index contributed by atoms with van der Waals surface area (Å²) in [4.78, 5) is 0.0586. The molecule has 0 saturated carbocycles. The first kappa shape index (κ1) is 15.0. The van der Waals surface area contributed by atoms with Gasteiger partial charge in [0.2, 0.25) is 10.0 Å². The van der Waals surface area contributed by atoms with Gasteiger partial charge < -0.3 is 0 Å². The number of nitrogens with zero attached hydrogens (tertiary/aromatic N) is 2. The van der Waals surface area contributed by atoms with Crippen molar-refractivity contribution in [2.75, 3.05) is 18.6 Å². The van der Waals surface area contributed by atoms with Crippen molar-refractivity contribution in [1.29, 1.82) is 5.26 Å². The fourth-order valence-electron chi connectivity index (χ4n) is 2.13. The van der Waals surface area contributed by atoms with Crippen LogP contribution < -0.4 is 0 Å². The maximum absolute atomic E-state index is 12.4. The molecule has 1 heterocycles. The first-order valence-corrected chi connectivity index (χ1v) is 9.21. The zero-order valence-electron chi connectivity index (χ0n) is 10.9. The number of hydrogen-bond acceptors (Lipinski definition) is 5. The van der Waals surface area contributed by atoms with Crippen molar-refractivity contribution in [3.63, 3.8) is 0 Å². The molecule has 1 aliphatic heterocycles. The minimum Gasteiger partial charge on any atom is -0.229 e. The Morgan fingerprint density at radius 2 is 1.90 bits per heavy atom. The first-order chi connectivity index (χ1) is 9.26. The van der Waals surface area contributed by atoms with Crippen LogP contribution >= 0.6 is 0 Å². The van der Waals surface area contributed by atoms with E-state index in [0.29, 0.717) is 12.0 Å². The Balaban J connectivity index is 2.28. The lowest BCUT2D eigenvalue weighted by Gasteiger charge is -2.22. The van der Waals surface area contributed by atoms with Gasteiger partial charge in [0, 0.05) is 13.1 Å². The summed E-state index contributed by atoms with van der Waals surface area (Å²) in [5, 5.41) is 8.69. The highest BCUT2D eigenvalue weighted by molar-refractivity contribution is 7.92.